The van der Waals surface area contributed by atoms with Crippen molar-refractivity contribution in [2.75, 3.05) is 5.75 Å². The first-order valence-corrected chi connectivity index (χ1v) is 8.91. The van der Waals surface area contributed by atoms with Crippen LogP contribution in [0.3, 0.4) is 0 Å². The molecule has 0 bridgehead atoms. The van der Waals surface area contributed by atoms with Crippen LogP contribution < -0.4 is 5.32 Å². The minimum Gasteiger partial charge on any atom is -0.481 e. The van der Waals surface area contributed by atoms with Crippen molar-refractivity contribution in [3.63, 3.8) is 0 Å². The summed E-state index contributed by atoms with van der Waals surface area (Å²) in [7, 11) is 0. The third kappa shape index (κ3) is 5.14. The molecule has 1 atom stereocenters. The number of carbonyl (C=O) groups is 2. The van der Waals surface area contributed by atoms with Gasteiger partial charge in [0.05, 0.1) is 23.9 Å². The lowest BCUT2D eigenvalue weighted by Gasteiger charge is -2.11. The zero-order chi connectivity index (χ0) is 15.2. The van der Waals surface area contributed by atoms with Crippen molar-refractivity contribution < 1.29 is 14.7 Å². The number of hydrogen-bond donors (Lipinski definition) is 2. The molecular weight excluding hydrogens is 328 g/mol. The Labute approximate surface area is 134 Å². The zero-order valence-electron chi connectivity index (χ0n) is 11.2. The fraction of sp³-hybridized carbons (Fsp3) is 0.308. The molecule has 0 radical (unpaired) electrons. The number of aromatic nitrogens is 1. The van der Waals surface area contributed by atoms with Crippen LogP contribution in [0.4, 0.5) is 0 Å². The molecule has 0 aromatic carbocycles. The molecule has 21 heavy (non-hydrogen) atoms. The molecular formula is C13H14N2O3S3. The van der Waals surface area contributed by atoms with Gasteiger partial charge in [-0.1, -0.05) is 17.8 Å². The zero-order valence-corrected chi connectivity index (χ0v) is 13.7. The van der Waals surface area contributed by atoms with Crippen molar-refractivity contribution in [1.82, 2.24) is 10.3 Å². The maximum Gasteiger partial charge on any atom is 0.309 e. The van der Waals surface area contributed by atoms with Gasteiger partial charge in [-0.15, -0.1) is 22.7 Å². The second-order valence-corrected chi connectivity index (χ2v) is 7.33. The molecule has 5 nitrogen and oxygen atoms in total. The first-order valence-electron chi connectivity index (χ1n) is 6.16. The molecule has 0 fully saturated rings. The Bertz CT molecular complexity index is 610. The molecule has 0 aliphatic rings. The summed E-state index contributed by atoms with van der Waals surface area (Å²) < 4.78 is 0.713. The van der Waals surface area contributed by atoms with Gasteiger partial charge in [0.2, 0.25) is 5.91 Å². The predicted molar refractivity (Wildman–Crippen MR) is 85.1 cm³/mol. The molecule has 2 N–H and O–H groups in total. The molecule has 112 valence electrons. The number of aliphatic carboxylic acids is 1. The maximum absolute atomic E-state index is 11.9. The second-order valence-electron chi connectivity index (χ2n) is 4.27. The summed E-state index contributed by atoms with van der Waals surface area (Å²) in [6, 6.07) is 3.94. The second kappa shape index (κ2) is 7.58. The average molecular weight is 342 g/mol. The highest BCUT2D eigenvalue weighted by Gasteiger charge is 2.12. The number of thioether (sulfide) groups is 1. The highest BCUT2D eigenvalue weighted by Crippen LogP contribution is 2.23. The van der Waals surface area contributed by atoms with Crippen molar-refractivity contribution in [3.8, 4) is 0 Å². The monoisotopic (exact) mass is 342 g/mol. The van der Waals surface area contributed by atoms with Crippen molar-refractivity contribution in [3.05, 3.63) is 33.5 Å². The summed E-state index contributed by atoms with van der Waals surface area (Å²) in [6.45, 7) is 1.95. The van der Waals surface area contributed by atoms with Gasteiger partial charge in [0, 0.05) is 10.3 Å². The Morgan fingerprint density at radius 1 is 1.48 bits per heavy atom. The number of nitrogens with one attached hydrogen (secondary N) is 1. The molecule has 8 heteroatoms. The summed E-state index contributed by atoms with van der Waals surface area (Å²) in [5.41, 5.74) is 0.530. The number of carboxylic acid groups (broad SMARTS) is 1. The van der Waals surface area contributed by atoms with Gasteiger partial charge in [-0.05, 0) is 18.4 Å². The lowest BCUT2D eigenvalue weighted by atomic mass is 10.3. The topological polar surface area (TPSA) is 79.3 Å². The van der Waals surface area contributed by atoms with Crippen molar-refractivity contribution >= 4 is 46.3 Å². The van der Waals surface area contributed by atoms with E-state index in [9.17, 15) is 9.59 Å². The van der Waals surface area contributed by atoms with Gasteiger partial charge in [-0.2, -0.15) is 0 Å². The molecule has 2 aromatic rings. The van der Waals surface area contributed by atoms with Gasteiger partial charge in [0.25, 0.3) is 0 Å². The van der Waals surface area contributed by atoms with Crippen LogP contribution in [0.15, 0.2) is 27.2 Å². The normalized spacial score (nSPS) is 12.0. The van der Waals surface area contributed by atoms with Gasteiger partial charge >= 0.3 is 5.97 Å². The van der Waals surface area contributed by atoms with E-state index in [1.54, 1.807) is 16.7 Å². The van der Waals surface area contributed by atoms with Gasteiger partial charge in [0.15, 0.2) is 4.34 Å². The van der Waals surface area contributed by atoms with E-state index >= 15 is 0 Å². The summed E-state index contributed by atoms with van der Waals surface area (Å²) >= 11 is 4.29. The van der Waals surface area contributed by atoms with Crippen molar-refractivity contribution in [2.45, 2.75) is 23.7 Å². The number of rotatable bonds is 7. The molecule has 0 saturated carbocycles. The molecule has 0 saturated heterocycles. The molecule has 1 amide bonds. The number of carbonyl (C=O) groups excluding carboxylic acids is 1. The SMILES string of the molecule is CC(NC(=O)CSc1nc(CC(=O)O)cs1)c1cccs1. The Balaban J connectivity index is 1.78. The highest BCUT2D eigenvalue weighted by atomic mass is 32.2. The predicted octanol–water partition coefficient (Wildman–Crippen LogP) is 2.80. The highest BCUT2D eigenvalue weighted by molar-refractivity contribution is 8.01. The number of thiazole rings is 1. The minimum atomic E-state index is -0.903. The van der Waals surface area contributed by atoms with Crippen LogP contribution in [0, 0.1) is 0 Å². The lowest BCUT2D eigenvalue weighted by Crippen LogP contribution is -2.27. The lowest BCUT2D eigenvalue weighted by molar-refractivity contribution is -0.136. The van der Waals surface area contributed by atoms with E-state index in [-0.39, 0.29) is 24.1 Å². The molecule has 0 spiro atoms. The quantitative estimate of drug-likeness (QED) is 0.757. The van der Waals surface area contributed by atoms with Crippen molar-refractivity contribution in [2.24, 2.45) is 0 Å². The smallest absolute Gasteiger partial charge is 0.309 e. The number of carboxylic acids is 1. The number of thiophene rings is 1. The average Bonchev–Trinajstić information content (AvgIpc) is 3.06. The van der Waals surface area contributed by atoms with Crippen LogP contribution >= 0.6 is 34.4 Å². The Hall–Kier alpha value is -1.38. The van der Waals surface area contributed by atoms with Crippen LogP contribution in [0.5, 0.6) is 0 Å². The van der Waals surface area contributed by atoms with Crippen LogP contribution in [0.2, 0.25) is 0 Å². The van der Waals surface area contributed by atoms with E-state index < -0.39 is 5.97 Å². The Kier molecular flexibility index (Phi) is 5.77. The van der Waals surface area contributed by atoms with E-state index in [0.29, 0.717) is 10.0 Å². The van der Waals surface area contributed by atoms with Gasteiger partial charge in [-0.3, -0.25) is 9.59 Å². The maximum atomic E-state index is 11.9. The van der Waals surface area contributed by atoms with Gasteiger partial charge in [-0.25, -0.2) is 4.98 Å². The Morgan fingerprint density at radius 3 is 2.95 bits per heavy atom. The minimum absolute atomic E-state index is 0.00281. The third-order valence-electron chi connectivity index (χ3n) is 2.54. The van der Waals surface area contributed by atoms with E-state index in [0.717, 1.165) is 4.88 Å². The molecule has 0 aliphatic carbocycles. The van der Waals surface area contributed by atoms with Crippen molar-refractivity contribution in [1.29, 1.82) is 0 Å². The standard InChI is InChI=1S/C13H14N2O3S3/c1-8(10-3-2-4-19-10)14-11(16)7-21-13-15-9(6-20-13)5-12(17)18/h2-4,6,8H,5,7H2,1H3,(H,14,16)(H,17,18). The van der Waals surface area contributed by atoms with Crippen LogP contribution in [0.1, 0.15) is 23.5 Å². The van der Waals surface area contributed by atoms with E-state index in [2.05, 4.69) is 10.3 Å². The first-order chi connectivity index (χ1) is 10.0. The van der Waals surface area contributed by atoms with E-state index in [1.807, 2.05) is 24.4 Å². The number of hydrogen-bond acceptors (Lipinski definition) is 6. The fourth-order valence-electron chi connectivity index (χ4n) is 1.61. The van der Waals surface area contributed by atoms with Gasteiger partial charge in [0.1, 0.15) is 0 Å². The van der Waals surface area contributed by atoms with Crippen LogP contribution in [-0.4, -0.2) is 27.7 Å². The van der Waals surface area contributed by atoms with Crippen LogP contribution in [-0.2, 0) is 16.0 Å². The first kappa shape index (κ1) is 16.0. The fourth-order valence-corrected chi connectivity index (χ4v) is 4.00. The van der Waals surface area contributed by atoms with E-state index in [1.165, 1.54) is 23.1 Å². The van der Waals surface area contributed by atoms with Crippen LogP contribution in [0.25, 0.3) is 0 Å². The summed E-state index contributed by atoms with van der Waals surface area (Å²) in [4.78, 5) is 27.7. The molecule has 2 heterocycles. The molecule has 0 aliphatic heterocycles. The third-order valence-corrected chi connectivity index (χ3v) is 5.66. The largest absolute Gasteiger partial charge is 0.481 e. The molecule has 2 rings (SSSR count). The van der Waals surface area contributed by atoms with E-state index in [4.69, 9.17) is 5.11 Å². The Morgan fingerprint density at radius 2 is 2.29 bits per heavy atom. The number of nitrogens with zero attached hydrogens (tertiary/aromatic N) is 1. The molecule has 2 aromatic heterocycles. The number of amides is 1. The van der Waals surface area contributed by atoms with Gasteiger partial charge < -0.3 is 10.4 Å². The summed E-state index contributed by atoms with van der Waals surface area (Å²) in [5.74, 6) is -0.689. The molecule has 1 unspecified atom stereocenters. The summed E-state index contributed by atoms with van der Waals surface area (Å²) in [6.07, 6.45) is -0.0847. The summed E-state index contributed by atoms with van der Waals surface area (Å²) in [5, 5.41) is 15.3.